The second-order valence-electron chi connectivity index (χ2n) is 3.46. The van der Waals surface area contributed by atoms with Gasteiger partial charge >= 0.3 is 0 Å². The van der Waals surface area contributed by atoms with Gasteiger partial charge in [-0.25, -0.2) is 3.11 Å². The van der Waals surface area contributed by atoms with Gasteiger partial charge in [0, 0.05) is 49.0 Å². The minimum atomic E-state index is 1.10. The Labute approximate surface area is 95.3 Å². The molecule has 0 saturated carbocycles. The van der Waals surface area contributed by atoms with Crippen LogP contribution in [0.5, 0.6) is 0 Å². The highest BCUT2D eigenvalue weighted by Crippen LogP contribution is 2.06. The molecule has 1 aliphatic heterocycles. The fourth-order valence-corrected chi connectivity index (χ4v) is 1.98. The predicted octanol–water partition coefficient (Wildman–Crippen LogP) is 0.954. The quantitative estimate of drug-likeness (QED) is 0.463. The molecule has 0 amide bonds. The van der Waals surface area contributed by atoms with Gasteiger partial charge in [0.05, 0.1) is 0 Å². The first-order valence-corrected chi connectivity index (χ1v) is 6.13. The molecule has 4 heteroatoms. The van der Waals surface area contributed by atoms with Gasteiger partial charge < -0.3 is 10.2 Å². The van der Waals surface area contributed by atoms with E-state index >= 15 is 0 Å². The summed E-state index contributed by atoms with van der Waals surface area (Å²) in [5, 5.41) is 3.36. The molecule has 3 nitrogen and oxygen atoms in total. The third-order valence-electron chi connectivity index (χ3n) is 2.40. The molecule has 1 fully saturated rings. The van der Waals surface area contributed by atoms with Gasteiger partial charge in [-0.2, -0.15) is 0 Å². The molecule has 13 heavy (non-hydrogen) atoms. The molecular weight excluding hydrogens is 277 g/mol. The number of rotatable bonds is 5. The fraction of sp³-hybridized carbons (Fsp3) is 1.00. The second kappa shape index (κ2) is 6.98. The van der Waals surface area contributed by atoms with Crippen molar-refractivity contribution < 1.29 is 0 Å². The van der Waals surface area contributed by atoms with Crippen LogP contribution in [0.4, 0.5) is 0 Å². The lowest BCUT2D eigenvalue weighted by Crippen LogP contribution is -2.42. The standard InChI is InChI=1S/C9H20IN3/c1-2-11-4-3-5-12-6-8-13(10)9-7-12/h11H,2-9H2,1H3. The van der Waals surface area contributed by atoms with Gasteiger partial charge in [-0.1, -0.05) is 6.92 Å². The molecular formula is C9H20IN3. The number of nitrogens with zero attached hydrogens (tertiary/aromatic N) is 2. The van der Waals surface area contributed by atoms with E-state index in [9.17, 15) is 0 Å². The molecule has 0 aromatic carbocycles. The van der Waals surface area contributed by atoms with Crippen molar-refractivity contribution in [2.45, 2.75) is 13.3 Å². The number of nitrogens with one attached hydrogen (secondary N) is 1. The summed E-state index contributed by atoms with van der Waals surface area (Å²) in [5.74, 6) is 0. The normalized spacial score (nSPS) is 20.8. The van der Waals surface area contributed by atoms with Crippen molar-refractivity contribution in [1.82, 2.24) is 13.3 Å². The largest absolute Gasteiger partial charge is 0.317 e. The van der Waals surface area contributed by atoms with E-state index in [0.29, 0.717) is 0 Å². The molecule has 0 aromatic heterocycles. The van der Waals surface area contributed by atoms with E-state index in [1.165, 1.54) is 45.7 Å². The van der Waals surface area contributed by atoms with Crippen LogP contribution in [0.25, 0.3) is 0 Å². The average Bonchev–Trinajstić information content (AvgIpc) is 2.15. The zero-order valence-electron chi connectivity index (χ0n) is 8.43. The maximum Gasteiger partial charge on any atom is 0.0209 e. The van der Waals surface area contributed by atoms with E-state index in [2.05, 4.69) is 43.1 Å². The summed E-state index contributed by atoms with van der Waals surface area (Å²) in [4.78, 5) is 2.56. The summed E-state index contributed by atoms with van der Waals surface area (Å²) in [5.41, 5.74) is 0. The molecule has 1 rings (SSSR count). The van der Waals surface area contributed by atoms with Gasteiger partial charge in [0.25, 0.3) is 0 Å². The first kappa shape index (κ1) is 11.7. The zero-order valence-corrected chi connectivity index (χ0v) is 10.6. The van der Waals surface area contributed by atoms with Crippen LogP contribution in [0.2, 0.25) is 0 Å². The van der Waals surface area contributed by atoms with Crippen LogP contribution in [-0.2, 0) is 0 Å². The summed E-state index contributed by atoms with van der Waals surface area (Å²) in [7, 11) is 0. The van der Waals surface area contributed by atoms with Crippen LogP contribution < -0.4 is 5.32 Å². The smallest absolute Gasteiger partial charge is 0.0209 e. The van der Waals surface area contributed by atoms with Crippen LogP contribution in [-0.4, -0.2) is 53.8 Å². The molecule has 1 heterocycles. The second-order valence-corrected chi connectivity index (χ2v) is 4.82. The molecule has 0 atom stereocenters. The Morgan fingerprint density at radius 1 is 1.23 bits per heavy atom. The number of piperazine rings is 1. The van der Waals surface area contributed by atoms with Crippen molar-refractivity contribution in [3.8, 4) is 0 Å². The summed E-state index contributed by atoms with van der Waals surface area (Å²) in [6.45, 7) is 10.6. The lowest BCUT2D eigenvalue weighted by Gasteiger charge is -2.31. The summed E-state index contributed by atoms with van der Waals surface area (Å²) < 4.78 is 2.37. The highest BCUT2D eigenvalue weighted by atomic mass is 127. The molecule has 0 spiro atoms. The van der Waals surface area contributed by atoms with Crippen molar-refractivity contribution in [1.29, 1.82) is 0 Å². The number of hydrogen-bond donors (Lipinski definition) is 1. The van der Waals surface area contributed by atoms with Crippen molar-refractivity contribution >= 4 is 22.9 Å². The maximum absolute atomic E-state index is 3.36. The van der Waals surface area contributed by atoms with Gasteiger partial charge in [-0.15, -0.1) is 0 Å². The molecule has 0 aliphatic carbocycles. The van der Waals surface area contributed by atoms with E-state index in [0.717, 1.165) is 6.54 Å². The van der Waals surface area contributed by atoms with E-state index < -0.39 is 0 Å². The molecule has 0 aromatic rings. The minimum absolute atomic E-state index is 1.10. The minimum Gasteiger partial charge on any atom is -0.317 e. The van der Waals surface area contributed by atoms with Crippen molar-refractivity contribution in [2.75, 3.05) is 45.8 Å². The Hall–Kier alpha value is 0.610. The van der Waals surface area contributed by atoms with Crippen LogP contribution in [0.15, 0.2) is 0 Å². The number of halogens is 1. The molecule has 1 saturated heterocycles. The van der Waals surface area contributed by atoms with Gasteiger partial charge in [0.2, 0.25) is 0 Å². The van der Waals surface area contributed by atoms with E-state index in [1.807, 2.05) is 0 Å². The number of hydrogen-bond acceptors (Lipinski definition) is 3. The molecule has 1 N–H and O–H groups in total. The molecule has 0 unspecified atom stereocenters. The van der Waals surface area contributed by atoms with E-state index in [4.69, 9.17) is 0 Å². The molecule has 0 bridgehead atoms. The predicted molar refractivity (Wildman–Crippen MR) is 65.2 cm³/mol. The highest BCUT2D eigenvalue weighted by molar-refractivity contribution is 14.1. The topological polar surface area (TPSA) is 18.5 Å². The molecule has 0 radical (unpaired) electrons. The van der Waals surface area contributed by atoms with Crippen LogP contribution in [0, 0.1) is 0 Å². The Morgan fingerprint density at radius 3 is 2.54 bits per heavy atom. The van der Waals surface area contributed by atoms with Crippen LogP contribution in [0.3, 0.4) is 0 Å². The maximum atomic E-state index is 3.36. The Balaban J connectivity index is 1.96. The lowest BCUT2D eigenvalue weighted by molar-refractivity contribution is 0.203. The van der Waals surface area contributed by atoms with Crippen molar-refractivity contribution in [3.63, 3.8) is 0 Å². The Kier molecular flexibility index (Phi) is 6.27. The van der Waals surface area contributed by atoms with Crippen LogP contribution in [0.1, 0.15) is 13.3 Å². The lowest BCUT2D eigenvalue weighted by atomic mass is 10.3. The van der Waals surface area contributed by atoms with Gasteiger partial charge in [0.15, 0.2) is 0 Å². The first-order chi connectivity index (χ1) is 6.33. The van der Waals surface area contributed by atoms with Gasteiger partial charge in [-0.3, -0.25) is 0 Å². The van der Waals surface area contributed by atoms with Gasteiger partial charge in [-0.05, 0) is 26.1 Å². The third-order valence-corrected chi connectivity index (χ3v) is 3.36. The molecule has 1 aliphatic rings. The van der Waals surface area contributed by atoms with Gasteiger partial charge in [0.1, 0.15) is 0 Å². The highest BCUT2D eigenvalue weighted by Gasteiger charge is 2.13. The Bertz CT molecular complexity index is 124. The Morgan fingerprint density at radius 2 is 1.92 bits per heavy atom. The van der Waals surface area contributed by atoms with Crippen molar-refractivity contribution in [3.05, 3.63) is 0 Å². The zero-order chi connectivity index (χ0) is 9.52. The summed E-state index contributed by atoms with van der Waals surface area (Å²) >= 11 is 2.41. The van der Waals surface area contributed by atoms with E-state index in [1.54, 1.807) is 0 Å². The fourth-order valence-electron chi connectivity index (χ4n) is 1.55. The average molecular weight is 297 g/mol. The molecule has 78 valence electrons. The van der Waals surface area contributed by atoms with Crippen molar-refractivity contribution in [2.24, 2.45) is 0 Å². The SMILES string of the molecule is CCNCCCN1CCN(I)CC1. The third kappa shape index (κ3) is 5.15. The van der Waals surface area contributed by atoms with Crippen LogP contribution >= 0.6 is 22.9 Å². The summed E-state index contributed by atoms with van der Waals surface area (Å²) in [6.07, 6.45) is 1.29. The first-order valence-electron chi connectivity index (χ1n) is 5.16. The summed E-state index contributed by atoms with van der Waals surface area (Å²) in [6, 6.07) is 0. The van der Waals surface area contributed by atoms with E-state index in [-0.39, 0.29) is 0 Å². The monoisotopic (exact) mass is 297 g/mol.